The second kappa shape index (κ2) is 11.8. The lowest BCUT2D eigenvalue weighted by Gasteiger charge is -2.39. The van der Waals surface area contributed by atoms with Crippen molar-refractivity contribution in [2.75, 3.05) is 57.4 Å². The third-order valence-electron chi connectivity index (χ3n) is 6.45. The Balaban J connectivity index is 0.00000289. The van der Waals surface area contributed by atoms with Crippen molar-refractivity contribution in [3.05, 3.63) is 53.9 Å². The highest BCUT2D eigenvalue weighted by Crippen LogP contribution is 2.37. The SMILES string of the molecule is CCNC(=NCC1(c2ccccc2C)CCOCC1)N1CCN(c2ncccn2)CC1.I. The number of nitrogens with one attached hydrogen (secondary N) is 1. The number of rotatable bonds is 5. The van der Waals surface area contributed by atoms with Gasteiger partial charge in [0.25, 0.3) is 0 Å². The molecule has 2 fully saturated rings. The van der Waals surface area contributed by atoms with Crippen molar-refractivity contribution in [3.8, 4) is 0 Å². The smallest absolute Gasteiger partial charge is 0.225 e. The van der Waals surface area contributed by atoms with Gasteiger partial charge < -0.3 is 19.9 Å². The highest BCUT2D eigenvalue weighted by Gasteiger charge is 2.36. The number of aromatic nitrogens is 2. The van der Waals surface area contributed by atoms with E-state index in [1.165, 1.54) is 11.1 Å². The molecule has 0 saturated carbocycles. The Hall–Kier alpha value is -1.94. The first kappa shape index (κ1) is 24.7. The van der Waals surface area contributed by atoms with Gasteiger partial charge in [0.2, 0.25) is 5.95 Å². The predicted molar refractivity (Wildman–Crippen MR) is 140 cm³/mol. The molecule has 0 aliphatic carbocycles. The quantitative estimate of drug-likeness (QED) is 0.351. The van der Waals surface area contributed by atoms with E-state index in [0.717, 1.165) is 77.2 Å². The van der Waals surface area contributed by atoms with E-state index in [2.05, 4.69) is 63.2 Å². The maximum absolute atomic E-state index is 5.72. The molecule has 1 N–H and O–H groups in total. The molecular formula is C24H35IN6O. The molecule has 2 aliphatic heterocycles. The van der Waals surface area contributed by atoms with Crippen LogP contribution >= 0.6 is 24.0 Å². The van der Waals surface area contributed by atoms with Gasteiger partial charge in [-0.1, -0.05) is 24.3 Å². The Morgan fingerprint density at radius 2 is 1.75 bits per heavy atom. The third-order valence-corrected chi connectivity index (χ3v) is 6.45. The summed E-state index contributed by atoms with van der Waals surface area (Å²) in [5.41, 5.74) is 2.81. The van der Waals surface area contributed by atoms with Crippen molar-refractivity contribution in [2.45, 2.75) is 32.1 Å². The van der Waals surface area contributed by atoms with Gasteiger partial charge in [-0.25, -0.2) is 9.97 Å². The Bertz CT molecular complexity index is 864. The average Bonchev–Trinajstić information content (AvgIpc) is 2.83. The van der Waals surface area contributed by atoms with E-state index in [0.29, 0.717) is 0 Å². The Morgan fingerprint density at radius 3 is 2.41 bits per heavy atom. The van der Waals surface area contributed by atoms with Gasteiger partial charge >= 0.3 is 0 Å². The lowest BCUT2D eigenvalue weighted by molar-refractivity contribution is 0.0528. The topological polar surface area (TPSA) is 65.9 Å². The van der Waals surface area contributed by atoms with Gasteiger partial charge in [0.15, 0.2) is 5.96 Å². The van der Waals surface area contributed by atoms with Gasteiger partial charge in [-0.2, -0.15) is 0 Å². The van der Waals surface area contributed by atoms with Crippen molar-refractivity contribution in [3.63, 3.8) is 0 Å². The monoisotopic (exact) mass is 550 g/mol. The van der Waals surface area contributed by atoms with Crippen LogP contribution < -0.4 is 10.2 Å². The molecule has 0 atom stereocenters. The molecule has 0 bridgehead atoms. The number of piperazine rings is 1. The van der Waals surface area contributed by atoms with E-state index in [1.807, 2.05) is 6.07 Å². The van der Waals surface area contributed by atoms with Gasteiger partial charge in [0.1, 0.15) is 0 Å². The zero-order valence-corrected chi connectivity index (χ0v) is 21.5. The van der Waals surface area contributed by atoms with Crippen LogP contribution in [0.5, 0.6) is 0 Å². The lowest BCUT2D eigenvalue weighted by Crippen LogP contribution is -2.53. The summed E-state index contributed by atoms with van der Waals surface area (Å²) < 4.78 is 5.72. The van der Waals surface area contributed by atoms with Gasteiger partial charge in [0.05, 0.1) is 6.54 Å². The average molecular weight is 550 g/mol. The minimum Gasteiger partial charge on any atom is -0.381 e. The number of hydrogen-bond acceptors (Lipinski definition) is 5. The zero-order chi connectivity index (χ0) is 21.5. The van der Waals surface area contributed by atoms with Crippen LogP contribution in [0, 0.1) is 6.92 Å². The third kappa shape index (κ3) is 5.70. The molecule has 7 nitrogen and oxygen atoms in total. The van der Waals surface area contributed by atoms with Crippen LogP contribution in [-0.2, 0) is 10.2 Å². The summed E-state index contributed by atoms with van der Waals surface area (Å²) >= 11 is 0. The number of nitrogens with zero attached hydrogens (tertiary/aromatic N) is 5. The highest BCUT2D eigenvalue weighted by molar-refractivity contribution is 14.0. The van der Waals surface area contributed by atoms with Gasteiger partial charge in [-0.05, 0) is 43.9 Å². The second-order valence-corrected chi connectivity index (χ2v) is 8.40. The molecule has 2 saturated heterocycles. The molecule has 0 amide bonds. The summed E-state index contributed by atoms with van der Waals surface area (Å²) in [4.78, 5) is 18.6. The maximum atomic E-state index is 5.72. The van der Waals surface area contributed by atoms with E-state index < -0.39 is 0 Å². The van der Waals surface area contributed by atoms with Crippen molar-refractivity contribution in [1.29, 1.82) is 0 Å². The molecule has 32 heavy (non-hydrogen) atoms. The predicted octanol–water partition coefficient (Wildman–Crippen LogP) is 3.24. The van der Waals surface area contributed by atoms with Gasteiger partial charge in [-0.15, -0.1) is 24.0 Å². The van der Waals surface area contributed by atoms with Crippen LogP contribution in [0.1, 0.15) is 30.9 Å². The van der Waals surface area contributed by atoms with Crippen molar-refractivity contribution >= 4 is 35.9 Å². The summed E-state index contributed by atoms with van der Waals surface area (Å²) in [5, 5.41) is 3.52. The number of guanidine groups is 1. The Labute approximate surface area is 208 Å². The molecule has 174 valence electrons. The van der Waals surface area contributed by atoms with E-state index in [4.69, 9.17) is 9.73 Å². The van der Waals surface area contributed by atoms with Gasteiger partial charge in [0, 0.05) is 63.7 Å². The number of aliphatic imine (C=N–C) groups is 1. The normalized spacial score (nSPS) is 18.8. The minimum absolute atomic E-state index is 0. The van der Waals surface area contributed by atoms with E-state index >= 15 is 0 Å². The summed E-state index contributed by atoms with van der Waals surface area (Å²) in [7, 11) is 0. The molecule has 2 aromatic rings. The van der Waals surface area contributed by atoms with Crippen LogP contribution in [0.3, 0.4) is 0 Å². The van der Waals surface area contributed by atoms with Gasteiger partial charge in [-0.3, -0.25) is 4.99 Å². The standard InChI is InChI=1S/C24H34N6O.HI/c1-3-25-22(29-13-15-30(16-14-29)23-26-11-6-12-27-23)28-19-24(9-17-31-18-10-24)21-8-5-4-7-20(21)2;/h4-8,11-12H,3,9-10,13-19H2,1-2H3,(H,25,28);1H. The zero-order valence-electron chi connectivity index (χ0n) is 19.2. The summed E-state index contributed by atoms with van der Waals surface area (Å²) in [5.74, 6) is 1.82. The fourth-order valence-electron chi connectivity index (χ4n) is 4.67. The number of aryl methyl sites for hydroxylation is 1. The van der Waals surface area contributed by atoms with Crippen molar-refractivity contribution in [1.82, 2.24) is 20.2 Å². The first-order chi connectivity index (χ1) is 15.2. The molecule has 4 rings (SSSR count). The Kier molecular flexibility index (Phi) is 9.10. The molecule has 0 unspecified atom stereocenters. The molecule has 0 radical (unpaired) electrons. The fourth-order valence-corrected chi connectivity index (χ4v) is 4.67. The van der Waals surface area contributed by atoms with Crippen LogP contribution in [0.25, 0.3) is 0 Å². The summed E-state index contributed by atoms with van der Waals surface area (Å²) in [6.45, 7) is 11.2. The molecule has 1 aromatic carbocycles. The molecule has 1 aromatic heterocycles. The first-order valence-corrected chi connectivity index (χ1v) is 11.4. The maximum Gasteiger partial charge on any atom is 0.225 e. The number of benzene rings is 1. The van der Waals surface area contributed by atoms with Crippen LogP contribution in [0.4, 0.5) is 5.95 Å². The fraction of sp³-hybridized carbons (Fsp3) is 0.542. The molecular weight excluding hydrogens is 515 g/mol. The van der Waals surface area contributed by atoms with Crippen LogP contribution in [0.15, 0.2) is 47.7 Å². The molecule has 2 aliphatic rings. The number of hydrogen-bond donors (Lipinski definition) is 1. The lowest BCUT2D eigenvalue weighted by atomic mass is 9.72. The number of anilines is 1. The molecule has 8 heteroatoms. The van der Waals surface area contributed by atoms with E-state index in [9.17, 15) is 0 Å². The van der Waals surface area contributed by atoms with Crippen LogP contribution in [0.2, 0.25) is 0 Å². The minimum atomic E-state index is 0. The van der Waals surface area contributed by atoms with E-state index in [1.54, 1.807) is 12.4 Å². The number of ether oxygens (including phenoxy) is 1. The Morgan fingerprint density at radius 1 is 1.06 bits per heavy atom. The second-order valence-electron chi connectivity index (χ2n) is 8.40. The first-order valence-electron chi connectivity index (χ1n) is 11.4. The molecule has 3 heterocycles. The largest absolute Gasteiger partial charge is 0.381 e. The highest BCUT2D eigenvalue weighted by atomic mass is 127. The van der Waals surface area contributed by atoms with Crippen LogP contribution in [-0.4, -0.2) is 73.3 Å². The summed E-state index contributed by atoms with van der Waals surface area (Å²) in [6, 6.07) is 10.6. The number of halogens is 1. The molecule has 0 spiro atoms. The van der Waals surface area contributed by atoms with Crippen molar-refractivity contribution < 1.29 is 4.74 Å². The summed E-state index contributed by atoms with van der Waals surface area (Å²) in [6.07, 6.45) is 5.64. The van der Waals surface area contributed by atoms with E-state index in [-0.39, 0.29) is 29.4 Å². The van der Waals surface area contributed by atoms with Crippen molar-refractivity contribution in [2.24, 2.45) is 4.99 Å².